The van der Waals surface area contributed by atoms with Crippen LogP contribution in [0.3, 0.4) is 0 Å². The Bertz CT molecular complexity index is 626. The number of benzene rings is 1. The van der Waals surface area contributed by atoms with Crippen molar-refractivity contribution in [2.45, 2.75) is 6.92 Å². The van der Waals surface area contributed by atoms with Crippen molar-refractivity contribution in [3.05, 3.63) is 30.1 Å². The van der Waals surface area contributed by atoms with E-state index in [9.17, 15) is 23.6 Å². The van der Waals surface area contributed by atoms with E-state index in [1.54, 1.807) is 6.07 Å². The van der Waals surface area contributed by atoms with E-state index in [0.29, 0.717) is 0 Å². The summed E-state index contributed by atoms with van der Waals surface area (Å²) in [5.41, 5.74) is 4.11. The number of anilines is 1. The maximum atomic E-state index is 13.3. The van der Waals surface area contributed by atoms with Gasteiger partial charge in [-0.05, 0) is 12.1 Å². The average Bonchev–Trinajstić information content (AvgIpc) is 2.53. The number of ether oxygens (including phenoxy) is 1. The molecule has 1 aromatic rings. The van der Waals surface area contributed by atoms with Crippen molar-refractivity contribution < 1.29 is 28.3 Å². The van der Waals surface area contributed by atoms with Crippen molar-refractivity contribution >= 4 is 41.1 Å². The van der Waals surface area contributed by atoms with Crippen LogP contribution in [0.5, 0.6) is 0 Å². The smallest absolute Gasteiger partial charge is 0.316 e. The quantitative estimate of drug-likeness (QED) is 0.475. The Labute approximate surface area is 141 Å². The highest BCUT2D eigenvalue weighted by atomic mass is 32.2. The first-order valence-electron chi connectivity index (χ1n) is 6.71. The number of thioether (sulfide) groups is 1. The first-order chi connectivity index (χ1) is 11.4. The first kappa shape index (κ1) is 19.4. The van der Waals surface area contributed by atoms with Crippen LogP contribution in [0, 0.1) is 5.82 Å². The summed E-state index contributed by atoms with van der Waals surface area (Å²) in [5.74, 6) is -3.12. The lowest BCUT2D eigenvalue weighted by molar-refractivity contribution is -0.146. The van der Waals surface area contributed by atoms with E-state index < -0.39 is 36.1 Å². The van der Waals surface area contributed by atoms with Gasteiger partial charge < -0.3 is 10.1 Å². The van der Waals surface area contributed by atoms with Gasteiger partial charge in [0.25, 0.3) is 5.91 Å². The van der Waals surface area contributed by atoms with Gasteiger partial charge in [-0.2, -0.15) is 0 Å². The number of para-hydroxylation sites is 1. The molecule has 24 heavy (non-hydrogen) atoms. The van der Waals surface area contributed by atoms with Crippen LogP contribution in [-0.2, 0) is 23.9 Å². The topological polar surface area (TPSA) is 114 Å². The van der Waals surface area contributed by atoms with Crippen LogP contribution in [0.1, 0.15) is 6.92 Å². The lowest BCUT2D eigenvalue weighted by Crippen LogP contribution is -2.42. The van der Waals surface area contributed by atoms with Crippen LogP contribution < -0.4 is 16.2 Å². The third-order valence-corrected chi connectivity index (χ3v) is 3.25. The summed E-state index contributed by atoms with van der Waals surface area (Å²) in [5, 5.41) is 2.37. The summed E-state index contributed by atoms with van der Waals surface area (Å²) in [6.07, 6.45) is 0. The van der Waals surface area contributed by atoms with Gasteiger partial charge in [0.05, 0.1) is 17.2 Å². The molecule has 0 unspecified atom stereocenters. The van der Waals surface area contributed by atoms with Gasteiger partial charge in [-0.25, -0.2) is 4.39 Å². The number of hydrogen-bond donors (Lipinski definition) is 3. The molecule has 0 heterocycles. The maximum Gasteiger partial charge on any atom is 0.316 e. The lowest BCUT2D eigenvalue weighted by Gasteiger charge is -2.07. The predicted molar refractivity (Wildman–Crippen MR) is 85.3 cm³/mol. The zero-order chi connectivity index (χ0) is 17.9. The molecule has 0 radical (unpaired) electrons. The van der Waals surface area contributed by atoms with E-state index in [1.807, 2.05) is 10.9 Å². The molecule has 0 spiro atoms. The van der Waals surface area contributed by atoms with Gasteiger partial charge in [0.15, 0.2) is 6.61 Å². The van der Waals surface area contributed by atoms with Crippen LogP contribution in [0.25, 0.3) is 0 Å². The Hall–Kier alpha value is -2.62. The minimum absolute atomic E-state index is 0.0559. The normalized spacial score (nSPS) is 9.75. The highest BCUT2D eigenvalue weighted by molar-refractivity contribution is 8.00. The summed E-state index contributed by atoms with van der Waals surface area (Å²) >= 11 is 0.954. The Kier molecular flexibility index (Phi) is 8.26. The van der Waals surface area contributed by atoms with Crippen molar-refractivity contribution in [1.82, 2.24) is 10.9 Å². The molecule has 3 N–H and O–H groups in total. The number of rotatable bonds is 7. The molecule has 0 aliphatic heterocycles. The third-order valence-electron chi connectivity index (χ3n) is 2.34. The van der Waals surface area contributed by atoms with Crippen LogP contribution in [0.2, 0.25) is 0 Å². The molecule has 0 saturated carbocycles. The molecule has 10 heteroatoms. The molecular weight excluding hydrogens is 341 g/mol. The summed E-state index contributed by atoms with van der Waals surface area (Å²) < 4.78 is 18.0. The predicted octanol–water partition coefficient (Wildman–Crippen LogP) is 0.208. The number of halogens is 1. The summed E-state index contributed by atoms with van der Waals surface area (Å²) in [7, 11) is 0. The lowest BCUT2D eigenvalue weighted by atomic mass is 10.3. The van der Waals surface area contributed by atoms with Gasteiger partial charge in [-0.3, -0.25) is 30.0 Å². The van der Waals surface area contributed by atoms with Crippen LogP contribution in [-0.4, -0.2) is 41.8 Å². The van der Waals surface area contributed by atoms with E-state index in [2.05, 4.69) is 10.1 Å². The minimum atomic E-state index is -0.698. The molecule has 1 rings (SSSR count). The van der Waals surface area contributed by atoms with Gasteiger partial charge >= 0.3 is 5.97 Å². The molecule has 0 bridgehead atoms. The van der Waals surface area contributed by atoms with E-state index in [4.69, 9.17) is 0 Å². The van der Waals surface area contributed by atoms with Crippen molar-refractivity contribution in [1.29, 1.82) is 0 Å². The summed E-state index contributed by atoms with van der Waals surface area (Å²) in [6.45, 7) is 0.649. The minimum Gasteiger partial charge on any atom is -0.455 e. The van der Waals surface area contributed by atoms with E-state index in [-0.39, 0.29) is 17.2 Å². The second-order valence-electron chi connectivity index (χ2n) is 4.41. The Morgan fingerprint density at radius 3 is 2.46 bits per heavy atom. The molecule has 8 nitrogen and oxygen atoms in total. The second-order valence-corrected chi connectivity index (χ2v) is 5.40. The van der Waals surface area contributed by atoms with Crippen LogP contribution >= 0.6 is 11.8 Å². The van der Waals surface area contributed by atoms with Gasteiger partial charge in [0, 0.05) is 6.92 Å². The zero-order valence-corrected chi connectivity index (χ0v) is 13.6. The van der Waals surface area contributed by atoms with Crippen LogP contribution in [0.15, 0.2) is 24.3 Å². The van der Waals surface area contributed by atoms with Crippen molar-refractivity contribution in [2.75, 3.05) is 23.4 Å². The number of amides is 3. The average molecular weight is 357 g/mol. The molecule has 3 amide bonds. The highest BCUT2D eigenvalue weighted by Gasteiger charge is 2.10. The van der Waals surface area contributed by atoms with Crippen LogP contribution in [0.4, 0.5) is 10.1 Å². The highest BCUT2D eigenvalue weighted by Crippen LogP contribution is 2.13. The third kappa shape index (κ3) is 8.13. The molecule has 0 aliphatic carbocycles. The SMILES string of the molecule is CC(=O)NNC(=O)COC(=O)CSCC(=O)Nc1ccccc1F. The fourth-order valence-electron chi connectivity index (χ4n) is 1.36. The van der Waals surface area contributed by atoms with E-state index in [1.165, 1.54) is 25.1 Å². The van der Waals surface area contributed by atoms with E-state index >= 15 is 0 Å². The Morgan fingerprint density at radius 2 is 1.79 bits per heavy atom. The maximum absolute atomic E-state index is 13.3. The molecule has 0 aromatic heterocycles. The summed E-state index contributed by atoms with van der Waals surface area (Å²) in [6, 6.07) is 5.71. The number of nitrogens with one attached hydrogen (secondary N) is 3. The monoisotopic (exact) mass is 357 g/mol. The van der Waals surface area contributed by atoms with Gasteiger partial charge in [0.1, 0.15) is 5.82 Å². The Morgan fingerprint density at radius 1 is 1.08 bits per heavy atom. The van der Waals surface area contributed by atoms with Crippen molar-refractivity contribution in [2.24, 2.45) is 0 Å². The first-order valence-corrected chi connectivity index (χ1v) is 7.87. The largest absolute Gasteiger partial charge is 0.455 e. The number of carbonyl (C=O) groups excluding carboxylic acids is 4. The molecule has 130 valence electrons. The van der Waals surface area contributed by atoms with Crippen molar-refractivity contribution in [3.8, 4) is 0 Å². The number of hydrazine groups is 1. The number of esters is 1. The number of carbonyl (C=O) groups is 4. The number of hydrogen-bond acceptors (Lipinski definition) is 6. The molecule has 0 fully saturated rings. The second kappa shape index (κ2) is 10.2. The molecule has 0 atom stereocenters. The standard InChI is InChI=1S/C14H16FN3O5S/c1-9(19)17-18-12(20)6-23-14(22)8-24-7-13(21)16-11-5-3-2-4-10(11)15/h2-5H,6-8H2,1H3,(H,16,21)(H,17,19)(H,18,20). The van der Waals surface area contributed by atoms with Crippen molar-refractivity contribution in [3.63, 3.8) is 0 Å². The molecule has 1 aromatic carbocycles. The van der Waals surface area contributed by atoms with Gasteiger partial charge in [-0.15, -0.1) is 11.8 Å². The molecule has 0 saturated heterocycles. The van der Waals surface area contributed by atoms with Gasteiger partial charge in [-0.1, -0.05) is 12.1 Å². The van der Waals surface area contributed by atoms with E-state index in [0.717, 1.165) is 11.8 Å². The van der Waals surface area contributed by atoms with Gasteiger partial charge in [0.2, 0.25) is 11.8 Å². The Balaban J connectivity index is 2.18. The fourth-order valence-corrected chi connectivity index (χ4v) is 1.97. The zero-order valence-electron chi connectivity index (χ0n) is 12.8. The summed E-state index contributed by atoms with van der Waals surface area (Å²) in [4.78, 5) is 44.7. The molecular formula is C14H16FN3O5S. The molecule has 0 aliphatic rings. The fraction of sp³-hybridized carbons (Fsp3) is 0.286.